The highest BCUT2D eigenvalue weighted by Gasteiger charge is 2.09. The van der Waals surface area contributed by atoms with E-state index >= 15 is 0 Å². The molecule has 0 saturated carbocycles. The number of ether oxygens (including phenoxy) is 2. The molecular formula is C20H27NO3. The van der Waals surface area contributed by atoms with Gasteiger partial charge in [-0.05, 0) is 29.2 Å². The average Bonchev–Trinajstić information content (AvgIpc) is 2.60. The molecule has 0 bridgehead atoms. The van der Waals surface area contributed by atoms with E-state index in [4.69, 9.17) is 9.47 Å². The van der Waals surface area contributed by atoms with Crippen molar-refractivity contribution in [1.29, 1.82) is 0 Å². The third-order valence-corrected chi connectivity index (χ3v) is 3.92. The number of aliphatic hydroxyl groups excluding tert-OH is 1. The first-order valence-corrected chi connectivity index (χ1v) is 8.32. The summed E-state index contributed by atoms with van der Waals surface area (Å²) in [6.07, 6.45) is -0.336. The van der Waals surface area contributed by atoms with Crippen molar-refractivity contribution in [1.82, 2.24) is 5.32 Å². The summed E-state index contributed by atoms with van der Waals surface area (Å²) in [5.41, 5.74) is 2.21. The Kier molecular flexibility index (Phi) is 7.09. The smallest absolute Gasteiger partial charge is 0.161 e. The van der Waals surface area contributed by atoms with Gasteiger partial charge in [0.1, 0.15) is 6.61 Å². The van der Waals surface area contributed by atoms with Gasteiger partial charge in [-0.25, -0.2) is 0 Å². The van der Waals surface area contributed by atoms with Crippen LogP contribution in [0, 0.1) is 5.92 Å². The quantitative estimate of drug-likeness (QED) is 0.740. The van der Waals surface area contributed by atoms with Crippen LogP contribution in [0.2, 0.25) is 0 Å². The minimum Gasteiger partial charge on any atom is -0.493 e. The van der Waals surface area contributed by atoms with E-state index in [0.717, 1.165) is 22.6 Å². The van der Waals surface area contributed by atoms with E-state index < -0.39 is 0 Å². The topological polar surface area (TPSA) is 50.7 Å². The van der Waals surface area contributed by atoms with Gasteiger partial charge in [-0.2, -0.15) is 0 Å². The molecule has 2 aromatic rings. The molecule has 0 spiro atoms. The molecular weight excluding hydrogens is 302 g/mol. The maximum absolute atomic E-state index is 9.84. The minimum atomic E-state index is -0.336. The fourth-order valence-electron chi connectivity index (χ4n) is 2.28. The van der Waals surface area contributed by atoms with Crippen molar-refractivity contribution in [2.24, 2.45) is 5.92 Å². The molecule has 0 saturated heterocycles. The van der Waals surface area contributed by atoms with Crippen LogP contribution >= 0.6 is 0 Å². The molecule has 0 amide bonds. The standard InChI is InChI=1S/C20H27NO3/c1-15(2)18(22)13-21-12-17-9-10-19(23-3)20(11-17)24-14-16-7-5-4-6-8-16/h4-11,15,18,21-22H,12-14H2,1-3H3. The Hall–Kier alpha value is -2.04. The van der Waals surface area contributed by atoms with Crippen LogP contribution in [0.15, 0.2) is 48.5 Å². The van der Waals surface area contributed by atoms with Crippen molar-refractivity contribution < 1.29 is 14.6 Å². The number of hydrogen-bond acceptors (Lipinski definition) is 4. The van der Waals surface area contributed by atoms with Crippen LogP contribution in [-0.4, -0.2) is 24.9 Å². The fourth-order valence-corrected chi connectivity index (χ4v) is 2.28. The Balaban J connectivity index is 1.96. The molecule has 1 unspecified atom stereocenters. The van der Waals surface area contributed by atoms with Gasteiger partial charge >= 0.3 is 0 Å². The highest BCUT2D eigenvalue weighted by Crippen LogP contribution is 2.28. The zero-order chi connectivity index (χ0) is 17.4. The highest BCUT2D eigenvalue weighted by atomic mass is 16.5. The Morgan fingerprint density at radius 3 is 2.42 bits per heavy atom. The van der Waals surface area contributed by atoms with Gasteiger partial charge in [-0.1, -0.05) is 50.2 Å². The van der Waals surface area contributed by atoms with Crippen LogP contribution < -0.4 is 14.8 Å². The summed E-state index contributed by atoms with van der Waals surface area (Å²) in [5, 5.41) is 13.1. The Morgan fingerprint density at radius 1 is 1.00 bits per heavy atom. The molecule has 0 fully saturated rings. The second kappa shape index (κ2) is 9.30. The van der Waals surface area contributed by atoms with E-state index in [0.29, 0.717) is 19.7 Å². The maximum Gasteiger partial charge on any atom is 0.161 e. The van der Waals surface area contributed by atoms with Gasteiger partial charge in [0.05, 0.1) is 13.2 Å². The van der Waals surface area contributed by atoms with Crippen molar-refractivity contribution in [2.75, 3.05) is 13.7 Å². The lowest BCUT2D eigenvalue weighted by Gasteiger charge is -2.16. The van der Waals surface area contributed by atoms with Gasteiger partial charge < -0.3 is 19.9 Å². The van der Waals surface area contributed by atoms with E-state index in [-0.39, 0.29) is 12.0 Å². The molecule has 1 atom stereocenters. The van der Waals surface area contributed by atoms with Crippen molar-refractivity contribution in [3.8, 4) is 11.5 Å². The van der Waals surface area contributed by atoms with E-state index in [1.807, 2.05) is 62.4 Å². The molecule has 0 aromatic heterocycles. The SMILES string of the molecule is COc1ccc(CNCC(O)C(C)C)cc1OCc1ccccc1. The first kappa shape index (κ1) is 18.3. The summed E-state index contributed by atoms with van der Waals surface area (Å²) in [5.74, 6) is 1.69. The molecule has 2 N–H and O–H groups in total. The van der Waals surface area contributed by atoms with Crippen molar-refractivity contribution in [2.45, 2.75) is 33.1 Å². The number of rotatable bonds is 9. The summed E-state index contributed by atoms with van der Waals surface area (Å²) in [6, 6.07) is 15.9. The third kappa shape index (κ3) is 5.55. The van der Waals surface area contributed by atoms with E-state index in [1.165, 1.54) is 0 Å². The Bertz CT molecular complexity index is 614. The monoisotopic (exact) mass is 329 g/mol. The molecule has 4 nitrogen and oxygen atoms in total. The van der Waals surface area contributed by atoms with Gasteiger partial charge in [-0.15, -0.1) is 0 Å². The fraction of sp³-hybridized carbons (Fsp3) is 0.400. The van der Waals surface area contributed by atoms with Crippen LogP contribution in [0.3, 0.4) is 0 Å². The van der Waals surface area contributed by atoms with E-state index in [9.17, 15) is 5.11 Å². The molecule has 130 valence electrons. The Morgan fingerprint density at radius 2 is 1.75 bits per heavy atom. The highest BCUT2D eigenvalue weighted by molar-refractivity contribution is 5.43. The summed E-state index contributed by atoms with van der Waals surface area (Å²) < 4.78 is 11.3. The first-order chi connectivity index (χ1) is 11.6. The molecule has 2 aromatic carbocycles. The van der Waals surface area contributed by atoms with Crippen molar-refractivity contribution >= 4 is 0 Å². The van der Waals surface area contributed by atoms with E-state index in [2.05, 4.69) is 5.32 Å². The van der Waals surface area contributed by atoms with Crippen molar-refractivity contribution in [3.63, 3.8) is 0 Å². The molecule has 0 aliphatic carbocycles. The van der Waals surface area contributed by atoms with Crippen LogP contribution in [0.4, 0.5) is 0 Å². The molecule has 0 aliphatic heterocycles. The lowest BCUT2D eigenvalue weighted by Crippen LogP contribution is -2.30. The lowest BCUT2D eigenvalue weighted by atomic mass is 10.1. The molecule has 4 heteroatoms. The number of hydrogen-bond donors (Lipinski definition) is 2. The van der Waals surface area contributed by atoms with E-state index in [1.54, 1.807) is 7.11 Å². The maximum atomic E-state index is 9.84. The van der Waals surface area contributed by atoms with Crippen LogP contribution in [0.25, 0.3) is 0 Å². The second-order valence-electron chi connectivity index (χ2n) is 6.20. The summed E-state index contributed by atoms with van der Waals surface area (Å²) in [6.45, 7) is 5.77. The zero-order valence-electron chi connectivity index (χ0n) is 14.7. The minimum absolute atomic E-state index is 0.248. The first-order valence-electron chi connectivity index (χ1n) is 8.32. The van der Waals surface area contributed by atoms with Gasteiger partial charge in [0.25, 0.3) is 0 Å². The molecule has 0 heterocycles. The number of methoxy groups -OCH3 is 1. The van der Waals surface area contributed by atoms with Crippen molar-refractivity contribution in [3.05, 3.63) is 59.7 Å². The predicted octanol–water partition coefficient (Wildman–Crippen LogP) is 3.38. The average molecular weight is 329 g/mol. The zero-order valence-corrected chi connectivity index (χ0v) is 14.7. The third-order valence-electron chi connectivity index (χ3n) is 3.92. The molecule has 0 aliphatic rings. The van der Waals surface area contributed by atoms with Gasteiger partial charge in [0, 0.05) is 13.1 Å². The summed E-state index contributed by atoms with van der Waals surface area (Å²) in [4.78, 5) is 0. The largest absolute Gasteiger partial charge is 0.493 e. The normalized spacial score (nSPS) is 12.2. The number of benzene rings is 2. The lowest BCUT2D eigenvalue weighted by molar-refractivity contribution is 0.123. The number of nitrogens with one attached hydrogen (secondary N) is 1. The second-order valence-corrected chi connectivity index (χ2v) is 6.20. The number of aliphatic hydroxyl groups is 1. The van der Waals surface area contributed by atoms with Gasteiger partial charge in [0.2, 0.25) is 0 Å². The predicted molar refractivity (Wildman–Crippen MR) is 96.3 cm³/mol. The summed E-state index contributed by atoms with van der Waals surface area (Å²) in [7, 11) is 1.64. The van der Waals surface area contributed by atoms with Crippen LogP contribution in [-0.2, 0) is 13.2 Å². The molecule has 0 radical (unpaired) electrons. The molecule has 2 rings (SSSR count). The van der Waals surface area contributed by atoms with Crippen LogP contribution in [0.1, 0.15) is 25.0 Å². The van der Waals surface area contributed by atoms with Crippen LogP contribution in [0.5, 0.6) is 11.5 Å². The molecule has 24 heavy (non-hydrogen) atoms. The van der Waals surface area contributed by atoms with Gasteiger partial charge in [-0.3, -0.25) is 0 Å². The Labute approximate surface area is 144 Å². The van der Waals surface area contributed by atoms with Gasteiger partial charge in [0.15, 0.2) is 11.5 Å². The summed E-state index contributed by atoms with van der Waals surface area (Å²) >= 11 is 0.